The molecule has 13 rings (SSSR count). The lowest BCUT2D eigenvalue weighted by Gasteiger charge is -2.36. The zero-order valence-electron chi connectivity index (χ0n) is 37.4. The largest absolute Gasteiger partial charge is 0.460 e. The molecule has 2 heteroatoms. The lowest BCUT2D eigenvalue weighted by atomic mass is 9.67. The highest BCUT2D eigenvalue weighted by atomic mass is 16.3. The van der Waals surface area contributed by atoms with Gasteiger partial charge in [-0.25, -0.2) is 0 Å². The van der Waals surface area contributed by atoms with Crippen LogP contribution in [0.2, 0.25) is 0 Å². The maximum atomic E-state index is 6.54. The van der Waals surface area contributed by atoms with Gasteiger partial charge in [-0.05, 0) is 134 Å². The molecule has 0 amide bonds. The van der Waals surface area contributed by atoms with Crippen molar-refractivity contribution in [1.29, 1.82) is 0 Å². The van der Waals surface area contributed by atoms with Gasteiger partial charge in [-0.2, -0.15) is 0 Å². The summed E-state index contributed by atoms with van der Waals surface area (Å²) in [7, 11) is 0. The molecule has 0 N–H and O–H groups in total. The molecule has 1 aromatic heterocycles. The molecule has 8 aromatic carbocycles. The number of hydrogen-bond acceptors (Lipinski definition) is 2. The van der Waals surface area contributed by atoms with E-state index in [1.54, 1.807) is 0 Å². The van der Waals surface area contributed by atoms with Crippen LogP contribution >= 0.6 is 0 Å². The topological polar surface area (TPSA) is 16.4 Å². The normalized spacial score (nSPS) is 16.8. The summed E-state index contributed by atoms with van der Waals surface area (Å²) in [5.74, 6) is 1.44. The fourth-order valence-electron chi connectivity index (χ4n) is 11.8. The SMILES string of the molecule is C1=Cc2c(oc3cc(-c4c(C5=CC=C(N(C6=CCC(c7ccccc7)C=C6)c6ccc7c(c6)C(c6ccccc6)(c6ccccc6)c6ccccc6-7)CC5)ccc5ccccc45)ccc23)CC1. The third kappa shape index (κ3) is 6.46. The number of nitrogens with zero attached hydrogens (tertiary/aromatic N) is 1. The molecule has 0 radical (unpaired) electrons. The molecular formula is C65H49NO. The van der Waals surface area contributed by atoms with Gasteiger partial charge in [-0.3, -0.25) is 0 Å². The van der Waals surface area contributed by atoms with E-state index in [1.807, 2.05) is 0 Å². The van der Waals surface area contributed by atoms with Crippen LogP contribution in [0.25, 0.3) is 55.6 Å². The first-order valence-corrected chi connectivity index (χ1v) is 24.0. The minimum Gasteiger partial charge on any atom is -0.460 e. The summed E-state index contributed by atoms with van der Waals surface area (Å²) in [5.41, 5.74) is 19.6. The molecule has 4 aliphatic carbocycles. The molecule has 0 saturated heterocycles. The van der Waals surface area contributed by atoms with Crippen molar-refractivity contribution in [3.63, 3.8) is 0 Å². The minimum absolute atomic E-state index is 0.339. The van der Waals surface area contributed by atoms with Gasteiger partial charge in [0, 0.05) is 40.4 Å². The summed E-state index contributed by atoms with van der Waals surface area (Å²) in [5, 5.41) is 3.70. The lowest BCUT2D eigenvalue weighted by molar-refractivity contribution is 0.546. The molecule has 0 spiro atoms. The van der Waals surface area contributed by atoms with Crippen molar-refractivity contribution in [1.82, 2.24) is 0 Å². The molecule has 1 atom stereocenters. The van der Waals surface area contributed by atoms with E-state index in [-0.39, 0.29) is 0 Å². The van der Waals surface area contributed by atoms with Crippen LogP contribution in [0.4, 0.5) is 5.69 Å². The van der Waals surface area contributed by atoms with Crippen molar-refractivity contribution < 1.29 is 4.42 Å². The Kier molecular flexibility index (Phi) is 9.53. The van der Waals surface area contributed by atoms with Crippen molar-refractivity contribution in [3.8, 4) is 22.3 Å². The van der Waals surface area contributed by atoms with E-state index in [1.165, 1.54) is 100 Å². The van der Waals surface area contributed by atoms with Crippen LogP contribution in [-0.4, -0.2) is 0 Å². The highest BCUT2D eigenvalue weighted by Crippen LogP contribution is 2.57. The van der Waals surface area contributed by atoms with E-state index in [0.717, 1.165) is 43.4 Å². The number of benzene rings is 8. The van der Waals surface area contributed by atoms with E-state index >= 15 is 0 Å². The second-order valence-electron chi connectivity index (χ2n) is 18.5. The second-order valence-corrected chi connectivity index (χ2v) is 18.5. The van der Waals surface area contributed by atoms with E-state index in [0.29, 0.717) is 5.92 Å². The van der Waals surface area contributed by atoms with E-state index < -0.39 is 5.41 Å². The van der Waals surface area contributed by atoms with E-state index in [9.17, 15) is 0 Å². The van der Waals surface area contributed by atoms with Gasteiger partial charge in [0.15, 0.2) is 0 Å². The van der Waals surface area contributed by atoms with Gasteiger partial charge >= 0.3 is 0 Å². The molecule has 1 heterocycles. The average molecular weight is 860 g/mol. The standard InChI is InChI=1S/C65H49NO/c1-4-16-44(17-5-1)45-28-34-51(35-29-45)66(53-38-41-57-56-24-12-14-26-60(56)65(61(57)43-53,49-19-6-2-7-20-49)50-21-8-3-9-22-50)52-36-30-47(31-37-52)55-39-32-46-18-10-11-23-54(46)64(55)48-33-40-59-58-25-13-15-27-62(58)67-63(59)42-48/h1-14,16-26,28,30,32-36,38-43,45H,15,27,29,31,37H2. The molecule has 4 aliphatic rings. The van der Waals surface area contributed by atoms with Gasteiger partial charge in [0.25, 0.3) is 0 Å². The third-order valence-corrected chi connectivity index (χ3v) is 14.9. The van der Waals surface area contributed by atoms with E-state index in [4.69, 9.17) is 4.42 Å². The van der Waals surface area contributed by atoms with Crippen molar-refractivity contribution in [2.24, 2.45) is 0 Å². The average Bonchev–Trinajstić information content (AvgIpc) is 3.93. The fourth-order valence-corrected chi connectivity index (χ4v) is 11.8. The van der Waals surface area contributed by atoms with Gasteiger partial charge in [-0.1, -0.05) is 194 Å². The number of anilines is 1. The maximum absolute atomic E-state index is 6.54. The zero-order chi connectivity index (χ0) is 44.3. The van der Waals surface area contributed by atoms with Crippen LogP contribution < -0.4 is 4.90 Å². The Hall–Kier alpha value is -7.94. The van der Waals surface area contributed by atoms with Gasteiger partial charge in [-0.15, -0.1) is 0 Å². The van der Waals surface area contributed by atoms with Crippen LogP contribution in [-0.2, 0) is 11.8 Å². The lowest BCUT2D eigenvalue weighted by Crippen LogP contribution is -2.29. The predicted octanol–water partition coefficient (Wildman–Crippen LogP) is 16.8. The van der Waals surface area contributed by atoms with Crippen molar-refractivity contribution in [2.45, 2.75) is 43.4 Å². The van der Waals surface area contributed by atoms with E-state index in [2.05, 4.69) is 235 Å². The van der Waals surface area contributed by atoms with Crippen LogP contribution in [0.1, 0.15) is 76.3 Å². The number of furan rings is 1. The van der Waals surface area contributed by atoms with Crippen molar-refractivity contribution in [2.75, 3.05) is 4.90 Å². The summed E-state index contributed by atoms with van der Waals surface area (Å²) in [6, 6.07) is 69.8. The van der Waals surface area contributed by atoms with Gasteiger partial charge in [0.1, 0.15) is 11.3 Å². The number of rotatable bonds is 8. The molecule has 2 nitrogen and oxygen atoms in total. The maximum Gasteiger partial charge on any atom is 0.135 e. The first-order chi connectivity index (χ1) is 33.2. The Morgan fingerprint density at radius 1 is 0.552 bits per heavy atom. The van der Waals surface area contributed by atoms with Crippen molar-refractivity contribution >= 4 is 39.1 Å². The Morgan fingerprint density at radius 2 is 1.28 bits per heavy atom. The van der Waals surface area contributed by atoms with Gasteiger partial charge < -0.3 is 9.32 Å². The van der Waals surface area contributed by atoms with Crippen LogP contribution in [0.5, 0.6) is 0 Å². The number of allylic oxidation sites excluding steroid dienone is 8. The second kappa shape index (κ2) is 16.2. The van der Waals surface area contributed by atoms with Crippen LogP contribution in [0.3, 0.4) is 0 Å². The number of aryl methyl sites for hydroxylation is 1. The fraction of sp³-hybridized carbons (Fsp3) is 0.108. The van der Waals surface area contributed by atoms with Gasteiger partial charge in [0.2, 0.25) is 0 Å². The molecule has 9 aromatic rings. The quantitative estimate of drug-likeness (QED) is 0.151. The Balaban J connectivity index is 0.961. The molecule has 67 heavy (non-hydrogen) atoms. The van der Waals surface area contributed by atoms with Crippen LogP contribution in [0, 0.1) is 0 Å². The summed E-state index contributed by atoms with van der Waals surface area (Å²) < 4.78 is 6.54. The highest BCUT2D eigenvalue weighted by molar-refractivity contribution is 6.04. The summed E-state index contributed by atoms with van der Waals surface area (Å²) in [4.78, 5) is 2.55. The summed E-state index contributed by atoms with van der Waals surface area (Å²) in [6.07, 6.45) is 21.3. The van der Waals surface area contributed by atoms with Gasteiger partial charge in [0.05, 0.1) is 5.41 Å². The Bertz CT molecular complexity index is 3510. The molecule has 0 bridgehead atoms. The summed E-state index contributed by atoms with van der Waals surface area (Å²) >= 11 is 0. The third-order valence-electron chi connectivity index (χ3n) is 14.9. The zero-order valence-corrected chi connectivity index (χ0v) is 37.4. The number of hydrogen-bond donors (Lipinski definition) is 0. The van der Waals surface area contributed by atoms with Crippen LogP contribution in [0.15, 0.2) is 240 Å². The summed E-state index contributed by atoms with van der Waals surface area (Å²) in [6.45, 7) is 0. The first-order valence-electron chi connectivity index (χ1n) is 24.0. The predicted molar refractivity (Wildman–Crippen MR) is 279 cm³/mol. The van der Waals surface area contributed by atoms with Crippen molar-refractivity contribution in [3.05, 3.63) is 281 Å². The molecule has 0 aliphatic heterocycles. The Labute approximate surface area is 392 Å². The minimum atomic E-state index is -0.486. The monoisotopic (exact) mass is 859 g/mol. The Morgan fingerprint density at radius 3 is 2.06 bits per heavy atom. The molecule has 1 unspecified atom stereocenters. The highest BCUT2D eigenvalue weighted by Gasteiger charge is 2.46. The molecule has 0 fully saturated rings. The molecule has 320 valence electrons. The smallest absolute Gasteiger partial charge is 0.135 e. The molecule has 0 saturated carbocycles. The first kappa shape index (κ1) is 39.4. The molecular weight excluding hydrogens is 811 g/mol. The number of fused-ring (bicyclic) bond motifs is 7.